The van der Waals surface area contributed by atoms with Crippen molar-refractivity contribution in [1.82, 2.24) is 0 Å². The number of hydrogen-bond acceptors (Lipinski definition) is 2. The Labute approximate surface area is 61.6 Å². The molecule has 10 heavy (non-hydrogen) atoms. The molecule has 0 spiro atoms. The van der Waals surface area contributed by atoms with Crippen molar-refractivity contribution >= 4 is 5.97 Å². The van der Waals surface area contributed by atoms with Gasteiger partial charge in [0.1, 0.15) is 6.10 Å². The van der Waals surface area contributed by atoms with Crippen LogP contribution in [0, 0.1) is 0 Å². The molecule has 58 valence electrons. The molecule has 0 N–H and O–H groups in total. The maximum Gasteiger partial charge on any atom is 0.306 e. The quantitative estimate of drug-likeness (QED) is 0.562. The molecule has 0 unspecified atom stereocenters. The molecule has 1 fully saturated rings. The van der Waals surface area contributed by atoms with Gasteiger partial charge in [-0.2, -0.15) is 0 Å². The molecule has 2 nitrogen and oxygen atoms in total. The van der Waals surface area contributed by atoms with E-state index in [-0.39, 0.29) is 12.1 Å². The maximum atomic E-state index is 10.6. The summed E-state index contributed by atoms with van der Waals surface area (Å²) in [6, 6.07) is 0. The first-order valence-corrected chi connectivity index (χ1v) is 4.02. The van der Waals surface area contributed by atoms with Crippen LogP contribution in [0.3, 0.4) is 0 Å². The van der Waals surface area contributed by atoms with E-state index in [1.807, 2.05) is 0 Å². The summed E-state index contributed by atoms with van der Waals surface area (Å²) in [5.41, 5.74) is 0. The van der Waals surface area contributed by atoms with Crippen LogP contribution < -0.4 is 0 Å². The van der Waals surface area contributed by atoms with E-state index in [1.54, 1.807) is 0 Å². The van der Waals surface area contributed by atoms with E-state index in [2.05, 4.69) is 6.92 Å². The normalized spacial score (nSPS) is 24.9. The molecule has 0 aromatic rings. The zero-order valence-electron chi connectivity index (χ0n) is 6.43. The van der Waals surface area contributed by atoms with Crippen molar-refractivity contribution in [3.05, 3.63) is 0 Å². The smallest absolute Gasteiger partial charge is 0.306 e. The topological polar surface area (TPSA) is 26.3 Å². The highest BCUT2D eigenvalue weighted by atomic mass is 16.5. The maximum absolute atomic E-state index is 10.6. The lowest BCUT2D eigenvalue weighted by molar-refractivity contribution is -0.141. The van der Waals surface area contributed by atoms with Crippen molar-refractivity contribution in [3.63, 3.8) is 0 Å². The van der Waals surface area contributed by atoms with Crippen LogP contribution in [-0.4, -0.2) is 12.1 Å². The Kier molecular flexibility index (Phi) is 2.72. The standard InChI is InChI=1S/C8H14O2/c1-2-3-4-7-5-6-8(9)10-7/h7H,2-6H2,1H3/t7-/m1/s1. The molecule has 1 aliphatic rings. The second-order valence-electron chi connectivity index (χ2n) is 2.79. The predicted octanol–water partition coefficient (Wildman–Crippen LogP) is 1.88. The van der Waals surface area contributed by atoms with E-state index < -0.39 is 0 Å². The number of carbonyl (C=O) groups excluding carboxylic acids is 1. The molecule has 0 amide bonds. The summed E-state index contributed by atoms with van der Waals surface area (Å²) in [6.07, 6.45) is 5.24. The Balaban J connectivity index is 2.12. The molecule has 1 saturated heterocycles. The van der Waals surface area contributed by atoms with Gasteiger partial charge in [0.2, 0.25) is 0 Å². The molecule has 1 aliphatic heterocycles. The molecular weight excluding hydrogens is 128 g/mol. The van der Waals surface area contributed by atoms with Crippen molar-refractivity contribution in [2.75, 3.05) is 0 Å². The second kappa shape index (κ2) is 3.59. The van der Waals surface area contributed by atoms with Crippen LogP contribution >= 0.6 is 0 Å². The number of carbonyl (C=O) groups is 1. The van der Waals surface area contributed by atoms with Gasteiger partial charge in [-0.1, -0.05) is 19.8 Å². The molecular formula is C8H14O2. The number of cyclic esters (lactones) is 1. The molecule has 1 atom stereocenters. The lowest BCUT2D eigenvalue weighted by Crippen LogP contribution is -2.05. The number of hydrogen-bond donors (Lipinski definition) is 0. The van der Waals surface area contributed by atoms with Gasteiger partial charge in [-0.25, -0.2) is 0 Å². The first kappa shape index (κ1) is 7.58. The average Bonchev–Trinajstić information content (AvgIpc) is 2.31. The lowest BCUT2D eigenvalue weighted by atomic mass is 10.1. The summed E-state index contributed by atoms with van der Waals surface area (Å²) in [5, 5.41) is 0. The third kappa shape index (κ3) is 2.01. The molecule has 0 saturated carbocycles. The van der Waals surface area contributed by atoms with Crippen LogP contribution in [0.4, 0.5) is 0 Å². The first-order chi connectivity index (χ1) is 4.83. The van der Waals surface area contributed by atoms with Crippen molar-refractivity contribution < 1.29 is 9.53 Å². The largest absolute Gasteiger partial charge is 0.462 e. The molecule has 0 aliphatic carbocycles. The fraction of sp³-hybridized carbons (Fsp3) is 0.875. The third-order valence-electron chi connectivity index (χ3n) is 1.85. The van der Waals surface area contributed by atoms with Gasteiger partial charge in [-0.05, 0) is 12.8 Å². The number of ether oxygens (including phenoxy) is 1. The SMILES string of the molecule is CCCC[C@@H]1CCC(=O)O1. The van der Waals surface area contributed by atoms with Gasteiger partial charge < -0.3 is 4.74 Å². The van der Waals surface area contributed by atoms with Crippen LogP contribution in [0.2, 0.25) is 0 Å². The van der Waals surface area contributed by atoms with Crippen molar-refractivity contribution in [1.29, 1.82) is 0 Å². The van der Waals surface area contributed by atoms with Gasteiger partial charge in [0.05, 0.1) is 0 Å². The third-order valence-corrected chi connectivity index (χ3v) is 1.85. The van der Waals surface area contributed by atoms with Crippen molar-refractivity contribution in [2.45, 2.75) is 45.1 Å². The van der Waals surface area contributed by atoms with E-state index in [0.717, 1.165) is 12.8 Å². The zero-order valence-corrected chi connectivity index (χ0v) is 6.43. The Bertz CT molecular complexity index is 120. The molecule has 2 heteroatoms. The van der Waals surface area contributed by atoms with Gasteiger partial charge in [-0.15, -0.1) is 0 Å². The molecule has 0 radical (unpaired) electrons. The predicted molar refractivity (Wildman–Crippen MR) is 38.6 cm³/mol. The zero-order chi connectivity index (χ0) is 7.40. The molecule has 0 aromatic heterocycles. The minimum Gasteiger partial charge on any atom is -0.462 e. The van der Waals surface area contributed by atoms with Gasteiger partial charge in [0.15, 0.2) is 0 Å². The van der Waals surface area contributed by atoms with Crippen LogP contribution in [0.15, 0.2) is 0 Å². The average molecular weight is 142 g/mol. The van der Waals surface area contributed by atoms with E-state index in [0.29, 0.717) is 6.42 Å². The summed E-state index contributed by atoms with van der Waals surface area (Å²) in [5.74, 6) is -0.0129. The van der Waals surface area contributed by atoms with E-state index in [9.17, 15) is 4.79 Å². The second-order valence-corrected chi connectivity index (χ2v) is 2.79. The van der Waals surface area contributed by atoms with Gasteiger partial charge >= 0.3 is 5.97 Å². The summed E-state index contributed by atoms with van der Waals surface area (Å²) in [4.78, 5) is 10.6. The van der Waals surface area contributed by atoms with E-state index in [1.165, 1.54) is 12.8 Å². The number of unbranched alkanes of at least 4 members (excludes halogenated alkanes) is 1. The number of esters is 1. The van der Waals surface area contributed by atoms with Crippen LogP contribution in [0.1, 0.15) is 39.0 Å². The first-order valence-electron chi connectivity index (χ1n) is 4.02. The Morgan fingerprint density at radius 2 is 2.50 bits per heavy atom. The van der Waals surface area contributed by atoms with Crippen molar-refractivity contribution in [3.8, 4) is 0 Å². The van der Waals surface area contributed by atoms with E-state index in [4.69, 9.17) is 4.74 Å². The fourth-order valence-electron chi connectivity index (χ4n) is 1.22. The minimum atomic E-state index is -0.0129. The van der Waals surface area contributed by atoms with Crippen LogP contribution in [0.5, 0.6) is 0 Å². The summed E-state index contributed by atoms with van der Waals surface area (Å²) < 4.78 is 5.02. The Morgan fingerprint density at radius 1 is 1.70 bits per heavy atom. The number of rotatable bonds is 3. The van der Waals surface area contributed by atoms with E-state index >= 15 is 0 Å². The van der Waals surface area contributed by atoms with Gasteiger partial charge in [0, 0.05) is 6.42 Å². The monoisotopic (exact) mass is 142 g/mol. The Morgan fingerprint density at radius 3 is 3.00 bits per heavy atom. The highest BCUT2D eigenvalue weighted by Gasteiger charge is 2.21. The minimum absolute atomic E-state index is 0.0129. The molecule has 0 aromatic carbocycles. The highest BCUT2D eigenvalue weighted by molar-refractivity contribution is 5.71. The molecule has 1 heterocycles. The Hall–Kier alpha value is -0.530. The molecule has 0 bridgehead atoms. The fourth-order valence-corrected chi connectivity index (χ4v) is 1.22. The van der Waals surface area contributed by atoms with Gasteiger partial charge in [-0.3, -0.25) is 4.79 Å². The summed E-state index contributed by atoms with van der Waals surface area (Å²) in [6.45, 7) is 2.15. The van der Waals surface area contributed by atoms with Gasteiger partial charge in [0.25, 0.3) is 0 Å². The van der Waals surface area contributed by atoms with Crippen molar-refractivity contribution in [2.24, 2.45) is 0 Å². The van der Waals surface area contributed by atoms with Crippen LogP contribution in [0.25, 0.3) is 0 Å². The summed E-state index contributed by atoms with van der Waals surface area (Å²) >= 11 is 0. The van der Waals surface area contributed by atoms with Crippen LogP contribution in [-0.2, 0) is 9.53 Å². The molecule has 1 rings (SSSR count). The summed E-state index contributed by atoms with van der Waals surface area (Å²) in [7, 11) is 0. The lowest BCUT2D eigenvalue weighted by Gasteiger charge is -2.06. The highest BCUT2D eigenvalue weighted by Crippen LogP contribution is 2.18.